The van der Waals surface area contributed by atoms with Crippen molar-refractivity contribution in [1.82, 2.24) is 0 Å². The van der Waals surface area contributed by atoms with Crippen LogP contribution in [0.2, 0.25) is 0 Å². The van der Waals surface area contributed by atoms with E-state index in [0.717, 1.165) is 17.3 Å². The van der Waals surface area contributed by atoms with Gasteiger partial charge in [0.1, 0.15) is 11.5 Å². The Bertz CT molecular complexity index is 882. The van der Waals surface area contributed by atoms with E-state index in [9.17, 15) is 4.79 Å². The fraction of sp³-hybridized carbons (Fsp3) is 0.174. The molecule has 28 heavy (non-hydrogen) atoms. The third-order valence-corrected chi connectivity index (χ3v) is 4.58. The summed E-state index contributed by atoms with van der Waals surface area (Å²) in [4.78, 5) is 12.2. The molecule has 0 fully saturated rings. The van der Waals surface area contributed by atoms with Crippen molar-refractivity contribution in [2.75, 3.05) is 18.5 Å². The molecule has 0 aliphatic carbocycles. The van der Waals surface area contributed by atoms with Crippen LogP contribution in [0.5, 0.6) is 11.5 Å². The molecule has 3 aromatic rings. The van der Waals surface area contributed by atoms with Crippen molar-refractivity contribution in [2.45, 2.75) is 12.8 Å². The van der Waals surface area contributed by atoms with Crippen molar-refractivity contribution < 1.29 is 14.3 Å². The number of hydrogen-bond donors (Lipinski definition) is 1. The number of aryl methyl sites for hydroxylation is 1. The van der Waals surface area contributed by atoms with E-state index in [-0.39, 0.29) is 12.5 Å². The quantitative estimate of drug-likeness (QED) is 0.449. The van der Waals surface area contributed by atoms with Gasteiger partial charge in [0.05, 0.1) is 12.3 Å². The first-order valence-electron chi connectivity index (χ1n) is 9.15. The molecule has 5 heteroatoms. The number of para-hydroxylation sites is 2. The molecule has 0 saturated carbocycles. The molecule has 0 atom stereocenters. The van der Waals surface area contributed by atoms with Crippen molar-refractivity contribution in [3.05, 3.63) is 88.9 Å². The van der Waals surface area contributed by atoms with E-state index in [4.69, 9.17) is 9.47 Å². The summed E-state index contributed by atoms with van der Waals surface area (Å²) in [6.45, 7) is 0.515. The Morgan fingerprint density at radius 1 is 0.857 bits per heavy atom. The Morgan fingerprint density at radius 2 is 1.57 bits per heavy atom. The van der Waals surface area contributed by atoms with Gasteiger partial charge in [0.15, 0.2) is 6.61 Å². The van der Waals surface area contributed by atoms with E-state index >= 15 is 0 Å². The molecule has 0 heterocycles. The fourth-order valence-corrected chi connectivity index (χ4v) is 2.93. The first-order chi connectivity index (χ1) is 13.7. The Kier molecular flexibility index (Phi) is 7.50. The monoisotopic (exact) mass is 439 g/mol. The molecule has 0 bridgehead atoms. The lowest BCUT2D eigenvalue weighted by Gasteiger charge is -2.13. The number of ether oxygens (including phenoxy) is 2. The topological polar surface area (TPSA) is 47.6 Å². The average molecular weight is 440 g/mol. The van der Waals surface area contributed by atoms with Gasteiger partial charge in [0.2, 0.25) is 0 Å². The summed E-state index contributed by atoms with van der Waals surface area (Å²) in [5.74, 6) is 1.07. The van der Waals surface area contributed by atoms with Gasteiger partial charge < -0.3 is 14.8 Å². The normalized spacial score (nSPS) is 10.3. The van der Waals surface area contributed by atoms with Crippen LogP contribution in [0.1, 0.15) is 12.0 Å². The zero-order chi connectivity index (χ0) is 19.6. The number of rotatable bonds is 9. The molecule has 3 rings (SSSR count). The highest BCUT2D eigenvalue weighted by molar-refractivity contribution is 9.10. The van der Waals surface area contributed by atoms with Crippen LogP contribution in [0, 0.1) is 0 Å². The predicted octanol–water partition coefficient (Wildman–Crippen LogP) is 5.48. The highest BCUT2D eigenvalue weighted by atomic mass is 79.9. The third kappa shape index (κ3) is 6.43. The number of halogens is 1. The number of nitrogens with one attached hydrogen (secondary N) is 1. The van der Waals surface area contributed by atoms with E-state index in [0.29, 0.717) is 23.8 Å². The molecule has 1 N–H and O–H groups in total. The molecule has 0 saturated heterocycles. The Balaban J connectivity index is 1.47. The second-order valence-electron chi connectivity index (χ2n) is 6.22. The number of amides is 1. The fourth-order valence-electron chi connectivity index (χ4n) is 2.66. The van der Waals surface area contributed by atoms with Crippen LogP contribution in [-0.2, 0) is 11.2 Å². The second-order valence-corrected chi connectivity index (χ2v) is 7.14. The molecular weight excluding hydrogens is 418 g/mol. The van der Waals surface area contributed by atoms with Crippen molar-refractivity contribution in [3.8, 4) is 11.5 Å². The van der Waals surface area contributed by atoms with Gasteiger partial charge in [-0.3, -0.25) is 4.79 Å². The molecule has 0 aliphatic rings. The summed E-state index contributed by atoms with van der Waals surface area (Å²) in [5.41, 5.74) is 1.93. The SMILES string of the molecule is O=C(COc1ccc(Br)cc1)Nc1ccccc1OCCCc1ccccc1. The zero-order valence-corrected chi connectivity index (χ0v) is 17.0. The summed E-state index contributed by atoms with van der Waals surface area (Å²) in [5, 5.41) is 2.85. The van der Waals surface area contributed by atoms with Crippen LogP contribution >= 0.6 is 15.9 Å². The highest BCUT2D eigenvalue weighted by Crippen LogP contribution is 2.24. The summed E-state index contributed by atoms with van der Waals surface area (Å²) in [6, 6.07) is 25.1. The first-order valence-corrected chi connectivity index (χ1v) is 9.94. The molecule has 0 radical (unpaired) electrons. The van der Waals surface area contributed by atoms with E-state index in [2.05, 4.69) is 33.4 Å². The Hall–Kier alpha value is -2.79. The van der Waals surface area contributed by atoms with Gasteiger partial charge in [-0.15, -0.1) is 0 Å². The molecule has 1 amide bonds. The lowest BCUT2D eigenvalue weighted by molar-refractivity contribution is -0.118. The lowest BCUT2D eigenvalue weighted by Crippen LogP contribution is -2.20. The van der Waals surface area contributed by atoms with Crippen LogP contribution in [0.25, 0.3) is 0 Å². The minimum Gasteiger partial charge on any atom is -0.491 e. The van der Waals surface area contributed by atoms with Gasteiger partial charge in [-0.25, -0.2) is 0 Å². The van der Waals surface area contributed by atoms with Gasteiger partial charge in [0, 0.05) is 4.47 Å². The van der Waals surface area contributed by atoms with E-state index in [1.165, 1.54) is 5.56 Å². The number of carbonyl (C=O) groups is 1. The van der Waals surface area contributed by atoms with Crippen molar-refractivity contribution in [3.63, 3.8) is 0 Å². The predicted molar refractivity (Wildman–Crippen MR) is 115 cm³/mol. The van der Waals surface area contributed by atoms with E-state index in [1.807, 2.05) is 54.6 Å². The molecule has 144 valence electrons. The molecule has 4 nitrogen and oxygen atoms in total. The van der Waals surface area contributed by atoms with Crippen LogP contribution in [0.4, 0.5) is 5.69 Å². The lowest BCUT2D eigenvalue weighted by atomic mass is 10.1. The highest BCUT2D eigenvalue weighted by Gasteiger charge is 2.08. The Morgan fingerprint density at radius 3 is 2.36 bits per heavy atom. The van der Waals surface area contributed by atoms with Gasteiger partial charge in [0.25, 0.3) is 5.91 Å². The maximum Gasteiger partial charge on any atom is 0.262 e. The van der Waals surface area contributed by atoms with Crippen molar-refractivity contribution in [1.29, 1.82) is 0 Å². The maximum absolute atomic E-state index is 12.2. The molecule has 0 aromatic heterocycles. The second kappa shape index (κ2) is 10.5. The molecule has 3 aromatic carbocycles. The number of hydrogen-bond acceptors (Lipinski definition) is 3. The molecule has 0 aliphatic heterocycles. The van der Waals surface area contributed by atoms with Crippen LogP contribution in [-0.4, -0.2) is 19.1 Å². The summed E-state index contributed by atoms with van der Waals surface area (Å²) < 4.78 is 12.3. The van der Waals surface area contributed by atoms with Crippen molar-refractivity contribution >= 4 is 27.5 Å². The molecule has 0 spiro atoms. The molecule has 0 unspecified atom stereocenters. The zero-order valence-electron chi connectivity index (χ0n) is 15.4. The van der Waals surface area contributed by atoms with Gasteiger partial charge in [-0.2, -0.15) is 0 Å². The van der Waals surface area contributed by atoms with Gasteiger partial charge >= 0.3 is 0 Å². The van der Waals surface area contributed by atoms with Gasteiger partial charge in [-0.1, -0.05) is 58.4 Å². The summed E-state index contributed by atoms with van der Waals surface area (Å²) in [7, 11) is 0. The summed E-state index contributed by atoms with van der Waals surface area (Å²) >= 11 is 3.37. The smallest absolute Gasteiger partial charge is 0.262 e. The standard InChI is InChI=1S/C23H22BrNO3/c24-19-12-14-20(15-13-19)28-17-23(26)25-21-10-4-5-11-22(21)27-16-6-9-18-7-2-1-3-8-18/h1-5,7-8,10-15H,6,9,16-17H2,(H,25,26). The Labute approximate surface area is 173 Å². The van der Waals surface area contributed by atoms with Crippen LogP contribution < -0.4 is 14.8 Å². The largest absolute Gasteiger partial charge is 0.491 e. The van der Waals surface area contributed by atoms with Gasteiger partial charge in [-0.05, 0) is 54.8 Å². The first kappa shape index (κ1) is 20.0. The minimum atomic E-state index is -0.233. The molecular formula is C23H22BrNO3. The third-order valence-electron chi connectivity index (χ3n) is 4.05. The maximum atomic E-state index is 12.2. The number of carbonyl (C=O) groups excluding carboxylic acids is 1. The average Bonchev–Trinajstić information content (AvgIpc) is 2.73. The summed E-state index contributed by atoms with van der Waals surface area (Å²) in [6.07, 6.45) is 1.86. The van der Waals surface area contributed by atoms with Crippen LogP contribution in [0.3, 0.4) is 0 Å². The van der Waals surface area contributed by atoms with Crippen molar-refractivity contribution in [2.24, 2.45) is 0 Å². The van der Waals surface area contributed by atoms with E-state index in [1.54, 1.807) is 12.1 Å². The van der Waals surface area contributed by atoms with E-state index < -0.39 is 0 Å². The number of benzene rings is 3. The minimum absolute atomic E-state index is 0.0655. The van der Waals surface area contributed by atoms with Crippen LogP contribution in [0.15, 0.2) is 83.3 Å². The number of anilines is 1.